The van der Waals surface area contributed by atoms with Gasteiger partial charge in [-0.25, -0.2) is 9.78 Å². The molecule has 0 amide bonds. The number of methoxy groups -OCH3 is 1. The minimum absolute atomic E-state index is 0.114. The Morgan fingerprint density at radius 1 is 1.18 bits per heavy atom. The van der Waals surface area contributed by atoms with Crippen molar-refractivity contribution in [3.05, 3.63) is 39.0 Å². The van der Waals surface area contributed by atoms with Crippen LogP contribution in [0.2, 0.25) is 15.1 Å². The van der Waals surface area contributed by atoms with Crippen molar-refractivity contribution in [2.24, 2.45) is 0 Å². The first-order valence-corrected chi connectivity index (χ1v) is 5.70. The zero-order chi connectivity index (χ0) is 12.6. The third kappa shape index (κ3) is 2.32. The van der Waals surface area contributed by atoms with Crippen LogP contribution in [0.3, 0.4) is 0 Å². The Morgan fingerprint density at radius 2 is 1.82 bits per heavy atom. The van der Waals surface area contributed by atoms with Crippen LogP contribution < -0.4 is 0 Å². The molecule has 0 unspecified atom stereocenters. The minimum atomic E-state index is -0.565. The summed E-state index contributed by atoms with van der Waals surface area (Å²) in [6.45, 7) is 0. The van der Waals surface area contributed by atoms with Gasteiger partial charge in [0.1, 0.15) is 0 Å². The molecule has 0 aliphatic heterocycles. The van der Waals surface area contributed by atoms with Gasteiger partial charge in [-0.05, 0) is 18.2 Å². The van der Waals surface area contributed by atoms with Gasteiger partial charge >= 0.3 is 5.97 Å². The van der Waals surface area contributed by atoms with Crippen molar-refractivity contribution in [2.45, 2.75) is 0 Å². The molecule has 0 radical (unpaired) electrons. The summed E-state index contributed by atoms with van der Waals surface area (Å²) >= 11 is 17.9. The van der Waals surface area contributed by atoms with Gasteiger partial charge in [-0.3, -0.25) is 0 Å². The van der Waals surface area contributed by atoms with E-state index < -0.39 is 5.97 Å². The summed E-state index contributed by atoms with van der Waals surface area (Å²) in [5.41, 5.74) is 0.568. The van der Waals surface area contributed by atoms with E-state index in [2.05, 4.69) is 9.72 Å². The lowest BCUT2D eigenvalue weighted by molar-refractivity contribution is 0.0594. The number of hydrogen-bond donors (Lipinski definition) is 0. The third-order valence-electron chi connectivity index (χ3n) is 2.17. The second-order valence-corrected chi connectivity index (χ2v) is 4.51. The van der Waals surface area contributed by atoms with E-state index in [0.29, 0.717) is 26.0 Å². The van der Waals surface area contributed by atoms with Gasteiger partial charge in [0.25, 0.3) is 0 Å². The van der Waals surface area contributed by atoms with Gasteiger partial charge in [0.2, 0.25) is 0 Å². The van der Waals surface area contributed by atoms with Crippen molar-refractivity contribution >= 4 is 51.7 Å². The number of carbonyl (C=O) groups excluding carboxylic acids is 1. The maximum atomic E-state index is 11.4. The lowest BCUT2D eigenvalue weighted by Gasteiger charge is -2.06. The SMILES string of the molecule is COC(=O)c1cc(Cl)c2c(Cl)cc(Cl)cc2n1. The molecule has 6 heteroatoms. The number of pyridine rings is 1. The topological polar surface area (TPSA) is 39.2 Å². The molecule has 0 aliphatic carbocycles. The number of carbonyl (C=O) groups is 1. The van der Waals surface area contributed by atoms with Gasteiger partial charge in [-0.1, -0.05) is 34.8 Å². The van der Waals surface area contributed by atoms with E-state index in [-0.39, 0.29) is 5.69 Å². The monoisotopic (exact) mass is 289 g/mol. The summed E-state index contributed by atoms with van der Waals surface area (Å²) in [7, 11) is 1.27. The van der Waals surface area contributed by atoms with Gasteiger partial charge in [0.15, 0.2) is 5.69 Å². The van der Waals surface area contributed by atoms with Crippen LogP contribution in [0.1, 0.15) is 10.5 Å². The highest BCUT2D eigenvalue weighted by molar-refractivity contribution is 6.43. The van der Waals surface area contributed by atoms with E-state index in [1.54, 1.807) is 12.1 Å². The first-order valence-electron chi connectivity index (χ1n) is 4.56. The van der Waals surface area contributed by atoms with Crippen LogP contribution >= 0.6 is 34.8 Å². The molecule has 0 fully saturated rings. The largest absolute Gasteiger partial charge is 0.464 e. The summed E-state index contributed by atoms with van der Waals surface area (Å²) in [6.07, 6.45) is 0. The van der Waals surface area contributed by atoms with Gasteiger partial charge in [-0.2, -0.15) is 0 Å². The van der Waals surface area contributed by atoms with Crippen LogP contribution in [0.25, 0.3) is 10.9 Å². The van der Waals surface area contributed by atoms with E-state index in [4.69, 9.17) is 34.8 Å². The van der Waals surface area contributed by atoms with E-state index in [0.717, 1.165) is 0 Å². The van der Waals surface area contributed by atoms with Crippen molar-refractivity contribution in [2.75, 3.05) is 7.11 Å². The minimum Gasteiger partial charge on any atom is -0.464 e. The Morgan fingerprint density at radius 3 is 2.47 bits per heavy atom. The van der Waals surface area contributed by atoms with Crippen LogP contribution in [0.5, 0.6) is 0 Å². The predicted molar refractivity (Wildman–Crippen MR) is 68.1 cm³/mol. The molecule has 1 aromatic heterocycles. The summed E-state index contributed by atoms with van der Waals surface area (Å²) < 4.78 is 4.57. The van der Waals surface area contributed by atoms with Crippen molar-refractivity contribution in [3.8, 4) is 0 Å². The van der Waals surface area contributed by atoms with Crippen molar-refractivity contribution in [1.82, 2.24) is 4.98 Å². The fraction of sp³-hybridized carbons (Fsp3) is 0.0909. The summed E-state index contributed by atoms with van der Waals surface area (Å²) in [5, 5.41) is 1.71. The van der Waals surface area contributed by atoms with Crippen LogP contribution in [0.4, 0.5) is 0 Å². The fourth-order valence-electron chi connectivity index (χ4n) is 1.45. The quantitative estimate of drug-likeness (QED) is 0.746. The molecule has 0 N–H and O–H groups in total. The number of halogens is 3. The number of nitrogens with zero attached hydrogens (tertiary/aromatic N) is 1. The average molecular weight is 291 g/mol. The van der Waals surface area contributed by atoms with Crippen LogP contribution in [0.15, 0.2) is 18.2 Å². The van der Waals surface area contributed by atoms with Gasteiger partial charge in [0.05, 0.1) is 22.7 Å². The van der Waals surface area contributed by atoms with Gasteiger partial charge in [-0.15, -0.1) is 0 Å². The maximum Gasteiger partial charge on any atom is 0.356 e. The molecule has 0 bridgehead atoms. The molecular formula is C11H6Cl3NO2. The highest BCUT2D eigenvalue weighted by atomic mass is 35.5. The Bertz CT molecular complexity index is 613. The first kappa shape index (κ1) is 12.4. The Kier molecular flexibility index (Phi) is 3.43. The maximum absolute atomic E-state index is 11.4. The summed E-state index contributed by atoms with van der Waals surface area (Å²) in [4.78, 5) is 15.5. The zero-order valence-electron chi connectivity index (χ0n) is 8.63. The zero-order valence-corrected chi connectivity index (χ0v) is 10.9. The van der Waals surface area contributed by atoms with Crippen molar-refractivity contribution in [3.63, 3.8) is 0 Å². The van der Waals surface area contributed by atoms with Gasteiger partial charge in [0, 0.05) is 10.4 Å². The number of ether oxygens (including phenoxy) is 1. The number of aromatic nitrogens is 1. The van der Waals surface area contributed by atoms with E-state index in [1.807, 2.05) is 0 Å². The molecule has 0 saturated heterocycles. The Hall–Kier alpha value is -1.03. The highest BCUT2D eigenvalue weighted by Crippen LogP contribution is 2.32. The molecule has 17 heavy (non-hydrogen) atoms. The average Bonchev–Trinajstić information content (AvgIpc) is 2.26. The second-order valence-electron chi connectivity index (χ2n) is 3.26. The molecule has 2 rings (SSSR count). The lowest BCUT2D eigenvalue weighted by Crippen LogP contribution is -2.04. The highest BCUT2D eigenvalue weighted by Gasteiger charge is 2.13. The molecule has 3 nitrogen and oxygen atoms in total. The van der Waals surface area contributed by atoms with E-state index in [9.17, 15) is 4.79 Å². The van der Waals surface area contributed by atoms with E-state index in [1.165, 1.54) is 13.2 Å². The third-order valence-corrected chi connectivity index (χ3v) is 2.99. The molecule has 0 atom stereocenters. The lowest BCUT2D eigenvalue weighted by atomic mass is 10.2. The van der Waals surface area contributed by atoms with Crippen LogP contribution in [-0.4, -0.2) is 18.1 Å². The van der Waals surface area contributed by atoms with Crippen LogP contribution in [0, 0.1) is 0 Å². The number of esters is 1. The molecule has 1 aromatic carbocycles. The molecule has 0 saturated carbocycles. The normalized spacial score (nSPS) is 10.6. The molecule has 0 spiro atoms. The number of rotatable bonds is 1. The van der Waals surface area contributed by atoms with Crippen molar-refractivity contribution < 1.29 is 9.53 Å². The first-order chi connectivity index (χ1) is 8.02. The summed E-state index contributed by atoms with van der Waals surface area (Å²) in [5.74, 6) is -0.565. The molecule has 1 heterocycles. The fourth-order valence-corrected chi connectivity index (χ4v) is 2.38. The van der Waals surface area contributed by atoms with Gasteiger partial charge < -0.3 is 4.74 Å². The number of hydrogen-bond acceptors (Lipinski definition) is 3. The summed E-state index contributed by atoms with van der Waals surface area (Å²) in [6, 6.07) is 4.56. The predicted octanol–water partition coefficient (Wildman–Crippen LogP) is 3.98. The second kappa shape index (κ2) is 4.69. The number of fused-ring (bicyclic) bond motifs is 1. The standard InChI is InChI=1S/C11H6Cl3NO2/c1-17-11(16)9-4-7(14)10-6(13)2-5(12)3-8(10)15-9/h2-4H,1H3. The molecule has 88 valence electrons. The Balaban J connectivity index is 2.77. The van der Waals surface area contributed by atoms with Crippen LogP contribution in [-0.2, 0) is 4.74 Å². The molecule has 2 aromatic rings. The van der Waals surface area contributed by atoms with Crippen molar-refractivity contribution in [1.29, 1.82) is 0 Å². The molecule has 0 aliphatic rings. The smallest absolute Gasteiger partial charge is 0.356 e. The van der Waals surface area contributed by atoms with E-state index >= 15 is 0 Å². The molecular weight excluding hydrogens is 284 g/mol. The Labute approximate surface area is 112 Å². The number of benzene rings is 1.